The van der Waals surface area contributed by atoms with E-state index in [2.05, 4.69) is 30.4 Å². The van der Waals surface area contributed by atoms with Gasteiger partial charge in [-0.15, -0.1) is 0 Å². The van der Waals surface area contributed by atoms with E-state index in [-0.39, 0.29) is 16.7 Å². The van der Waals surface area contributed by atoms with Crippen LogP contribution in [0.3, 0.4) is 0 Å². The van der Waals surface area contributed by atoms with Gasteiger partial charge < -0.3 is 20.4 Å². The number of fused-ring (bicyclic) bond motifs is 2. The third-order valence-electron chi connectivity index (χ3n) is 10.6. The number of nitro groups is 2. The fraction of sp³-hybridized carbons (Fsp3) is 0.317. The summed E-state index contributed by atoms with van der Waals surface area (Å²) in [4.78, 5) is 44.1. The molecule has 0 amide bonds. The normalized spacial score (nSPS) is 14.6. The van der Waals surface area contributed by atoms with Crippen LogP contribution in [0.1, 0.15) is 43.2 Å². The van der Waals surface area contributed by atoms with Crippen LogP contribution in [-0.4, -0.2) is 67.4 Å². The van der Waals surface area contributed by atoms with E-state index in [1.54, 1.807) is 36.4 Å². The van der Waals surface area contributed by atoms with Gasteiger partial charge in [-0.2, -0.15) is 4.98 Å². The summed E-state index contributed by atoms with van der Waals surface area (Å²) in [5.74, 6) is 2.33. The Balaban J connectivity index is 0.000000197. The molecule has 2 saturated heterocycles. The number of nitrogens with zero attached hydrogens (tertiary/aromatic N) is 8. The summed E-state index contributed by atoms with van der Waals surface area (Å²) in [7, 11) is 0. The van der Waals surface area contributed by atoms with Gasteiger partial charge in [0.2, 0.25) is 11.2 Å². The van der Waals surface area contributed by atoms with Crippen molar-refractivity contribution in [1.29, 1.82) is 0 Å². The molecule has 4 heterocycles. The molecule has 2 fully saturated rings. The van der Waals surface area contributed by atoms with Gasteiger partial charge in [0, 0.05) is 81.3 Å². The van der Waals surface area contributed by atoms with Crippen molar-refractivity contribution in [1.82, 2.24) is 24.8 Å². The molecule has 2 aliphatic rings. The van der Waals surface area contributed by atoms with Gasteiger partial charge in [0.15, 0.2) is 0 Å². The van der Waals surface area contributed by atoms with E-state index >= 15 is 0 Å². The highest BCUT2D eigenvalue weighted by Crippen LogP contribution is 2.32. The maximum absolute atomic E-state index is 11.4. The van der Waals surface area contributed by atoms with Crippen LogP contribution < -0.4 is 15.5 Å². The highest BCUT2D eigenvalue weighted by molar-refractivity contribution is 6.35. The number of non-ortho nitro benzene ring substituents is 2. The first-order valence-corrected chi connectivity index (χ1v) is 21.2. The van der Waals surface area contributed by atoms with Crippen molar-refractivity contribution in [3.63, 3.8) is 0 Å². The van der Waals surface area contributed by atoms with Gasteiger partial charge in [-0.3, -0.25) is 20.2 Å². The minimum absolute atomic E-state index is 0.00485. The van der Waals surface area contributed by atoms with E-state index in [0.717, 1.165) is 43.0 Å². The van der Waals surface area contributed by atoms with Gasteiger partial charge in [0.05, 0.1) is 20.9 Å². The molecule has 2 aromatic heterocycles. The van der Waals surface area contributed by atoms with Crippen molar-refractivity contribution >= 4 is 109 Å². The van der Waals surface area contributed by atoms with E-state index in [0.29, 0.717) is 72.6 Å². The Hall–Kier alpha value is -4.83. The fourth-order valence-corrected chi connectivity index (χ4v) is 8.44. The summed E-state index contributed by atoms with van der Waals surface area (Å²) in [6, 6.07) is 19.5. The van der Waals surface area contributed by atoms with Gasteiger partial charge in [0.1, 0.15) is 11.6 Å². The number of rotatable bonds is 12. The molecule has 2 N–H and O–H groups in total. The van der Waals surface area contributed by atoms with Crippen molar-refractivity contribution in [3.05, 3.63) is 130 Å². The molecule has 0 radical (unpaired) electrons. The van der Waals surface area contributed by atoms with Gasteiger partial charge in [0.25, 0.3) is 11.4 Å². The standard InChI is InChI=1S/C26H30Cl2N6O2.C15H9Cl3N4O2/c27-20-4-3-19(23(28)15-20)17-29-25-22-16-21(34(35)36)5-6-24(22)30-26(31-25)33-13-8-18(9-14-33)7-12-32-10-1-2-11-32;16-9-2-1-8(12(17)5-9)7-19-14-11-6-10(22(23)24)3-4-13(11)20-15(18)21-14/h3-6,15-16,18H,1-2,7-14,17H2,(H,29,30,31);1-6H,7H2,(H,19,20,21). The lowest BCUT2D eigenvalue weighted by Gasteiger charge is -2.33. The van der Waals surface area contributed by atoms with Gasteiger partial charge in [-0.05, 0) is 117 Å². The molecule has 0 aliphatic carbocycles. The molecule has 4 aromatic carbocycles. The maximum atomic E-state index is 11.4. The van der Waals surface area contributed by atoms with Crippen molar-refractivity contribution in [2.75, 3.05) is 48.3 Å². The second-order valence-electron chi connectivity index (χ2n) is 14.6. The third-order valence-corrected chi connectivity index (χ3v) is 12.0. The summed E-state index contributed by atoms with van der Waals surface area (Å²) in [6.45, 7) is 6.27. The number of benzene rings is 4. The predicted octanol–water partition coefficient (Wildman–Crippen LogP) is 11.3. The van der Waals surface area contributed by atoms with Gasteiger partial charge in [-0.1, -0.05) is 58.5 Å². The smallest absolute Gasteiger partial charge is 0.270 e. The van der Waals surface area contributed by atoms with Crippen LogP contribution in [0.15, 0.2) is 72.8 Å². The van der Waals surface area contributed by atoms with E-state index in [1.807, 2.05) is 6.07 Å². The average molecular weight is 913 g/mol. The summed E-state index contributed by atoms with van der Waals surface area (Å²) < 4.78 is 0. The zero-order valence-electron chi connectivity index (χ0n) is 32.1. The lowest BCUT2D eigenvalue weighted by molar-refractivity contribution is -0.384. The molecular formula is C41H39Cl5N10O4. The Labute approximate surface area is 370 Å². The summed E-state index contributed by atoms with van der Waals surface area (Å²) in [5.41, 5.74) is 2.79. The van der Waals surface area contributed by atoms with E-state index in [1.165, 1.54) is 69.2 Å². The minimum atomic E-state index is -0.478. The summed E-state index contributed by atoms with van der Waals surface area (Å²) in [6.07, 6.45) is 6.17. The van der Waals surface area contributed by atoms with E-state index in [9.17, 15) is 20.2 Å². The second kappa shape index (κ2) is 19.7. The molecular weight excluding hydrogens is 874 g/mol. The van der Waals surface area contributed by atoms with Crippen LogP contribution >= 0.6 is 58.0 Å². The number of hydrogen-bond donors (Lipinski definition) is 2. The Bertz CT molecular complexity index is 2540. The molecule has 0 saturated carbocycles. The zero-order valence-corrected chi connectivity index (χ0v) is 35.9. The quantitative estimate of drug-likeness (QED) is 0.0678. The van der Waals surface area contributed by atoms with Crippen LogP contribution in [0.25, 0.3) is 21.8 Å². The lowest BCUT2D eigenvalue weighted by Crippen LogP contribution is -2.36. The Kier molecular flexibility index (Phi) is 14.2. The Morgan fingerprint density at radius 3 is 1.67 bits per heavy atom. The molecule has 6 aromatic rings. The van der Waals surface area contributed by atoms with E-state index in [4.69, 9.17) is 68.0 Å². The maximum Gasteiger partial charge on any atom is 0.270 e. The fourth-order valence-electron chi connectivity index (χ4n) is 7.31. The van der Waals surface area contributed by atoms with Gasteiger partial charge in [-0.25, -0.2) is 15.0 Å². The predicted molar refractivity (Wildman–Crippen MR) is 240 cm³/mol. The van der Waals surface area contributed by atoms with Crippen LogP contribution in [-0.2, 0) is 13.1 Å². The SMILES string of the molecule is O=[N+]([O-])c1ccc2nc(Cl)nc(NCc3ccc(Cl)cc3Cl)c2c1.O=[N+]([O-])c1ccc2nc(N3CCC(CCN4CCCC4)CC3)nc(NCc3ccc(Cl)cc3Cl)c2c1. The molecule has 312 valence electrons. The van der Waals surface area contributed by atoms with Crippen LogP contribution in [0.5, 0.6) is 0 Å². The third kappa shape index (κ3) is 10.9. The highest BCUT2D eigenvalue weighted by atomic mass is 35.5. The molecule has 0 spiro atoms. The molecule has 19 heteroatoms. The monoisotopic (exact) mass is 910 g/mol. The topological polar surface area (TPSA) is 168 Å². The molecule has 60 heavy (non-hydrogen) atoms. The van der Waals surface area contributed by atoms with Crippen molar-refractivity contribution in [2.24, 2.45) is 5.92 Å². The van der Waals surface area contributed by atoms with Gasteiger partial charge >= 0.3 is 0 Å². The molecule has 0 atom stereocenters. The summed E-state index contributed by atoms with van der Waals surface area (Å²) in [5, 5.41) is 32.1. The van der Waals surface area contributed by atoms with Crippen LogP contribution in [0.2, 0.25) is 25.4 Å². The van der Waals surface area contributed by atoms with Crippen LogP contribution in [0, 0.1) is 26.1 Å². The average Bonchev–Trinajstić information content (AvgIpc) is 3.76. The number of anilines is 3. The van der Waals surface area contributed by atoms with Crippen molar-refractivity contribution in [2.45, 2.75) is 45.2 Å². The minimum Gasteiger partial charge on any atom is -0.365 e. The highest BCUT2D eigenvalue weighted by Gasteiger charge is 2.24. The number of halogens is 5. The van der Waals surface area contributed by atoms with Crippen LogP contribution in [0.4, 0.5) is 29.0 Å². The number of nitro benzene ring substituents is 2. The molecule has 14 nitrogen and oxygen atoms in total. The molecule has 0 bridgehead atoms. The molecule has 2 aliphatic heterocycles. The first-order chi connectivity index (χ1) is 28.9. The first kappa shape index (κ1) is 43.3. The lowest BCUT2D eigenvalue weighted by atomic mass is 9.93. The number of nitrogens with one attached hydrogen (secondary N) is 2. The number of hydrogen-bond acceptors (Lipinski definition) is 12. The number of aromatic nitrogens is 4. The molecule has 0 unspecified atom stereocenters. The number of likely N-dealkylation sites (tertiary alicyclic amines) is 1. The summed E-state index contributed by atoms with van der Waals surface area (Å²) >= 11 is 30.3. The van der Waals surface area contributed by atoms with Crippen molar-refractivity contribution in [3.8, 4) is 0 Å². The molecule has 8 rings (SSSR count). The Morgan fingerprint density at radius 2 is 1.15 bits per heavy atom. The second-order valence-corrected chi connectivity index (χ2v) is 16.6. The largest absolute Gasteiger partial charge is 0.365 e. The van der Waals surface area contributed by atoms with Crippen molar-refractivity contribution < 1.29 is 9.85 Å². The van der Waals surface area contributed by atoms with E-state index < -0.39 is 9.85 Å². The Morgan fingerprint density at radius 1 is 0.633 bits per heavy atom. The number of piperidine rings is 1. The first-order valence-electron chi connectivity index (χ1n) is 19.3. The zero-order chi connectivity index (χ0) is 42.3.